The van der Waals surface area contributed by atoms with E-state index in [9.17, 15) is 0 Å². The van der Waals surface area contributed by atoms with Gasteiger partial charge in [0, 0.05) is 37.3 Å². The van der Waals surface area contributed by atoms with Crippen molar-refractivity contribution in [3.63, 3.8) is 0 Å². The van der Waals surface area contributed by atoms with Crippen molar-refractivity contribution >= 4 is 11.0 Å². The third-order valence-corrected chi connectivity index (χ3v) is 4.10. The van der Waals surface area contributed by atoms with Gasteiger partial charge in [-0.05, 0) is 19.1 Å². The summed E-state index contributed by atoms with van der Waals surface area (Å²) < 4.78 is 0. The summed E-state index contributed by atoms with van der Waals surface area (Å²) in [6, 6.07) is 8.05. The monoisotopic (exact) mass is 279 g/mol. The number of H-pyrrole nitrogens is 1. The average Bonchev–Trinajstić information content (AvgIpc) is 2.95. The van der Waals surface area contributed by atoms with Crippen molar-refractivity contribution in [1.82, 2.24) is 25.1 Å². The quantitative estimate of drug-likeness (QED) is 0.781. The fourth-order valence-corrected chi connectivity index (χ4v) is 2.90. The fraction of sp³-hybridized carbons (Fsp3) is 0.312. The van der Waals surface area contributed by atoms with E-state index < -0.39 is 0 Å². The molecule has 0 atom stereocenters. The third-order valence-electron chi connectivity index (χ3n) is 4.10. The zero-order valence-electron chi connectivity index (χ0n) is 12.0. The van der Waals surface area contributed by atoms with Crippen LogP contribution in [-0.2, 0) is 19.5 Å². The second-order valence-electron chi connectivity index (χ2n) is 5.58. The van der Waals surface area contributed by atoms with Gasteiger partial charge in [-0.25, -0.2) is 9.97 Å². The maximum absolute atomic E-state index is 4.78. The van der Waals surface area contributed by atoms with Crippen molar-refractivity contribution in [1.29, 1.82) is 0 Å². The van der Waals surface area contributed by atoms with Crippen LogP contribution in [0.25, 0.3) is 11.0 Å². The summed E-state index contributed by atoms with van der Waals surface area (Å²) in [5.41, 5.74) is 6.60. The molecular formula is C16H17N5. The number of aryl methyl sites for hydroxylation is 1. The van der Waals surface area contributed by atoms with Gasteiger partial charge in [0.1, 0.15) is 0 Å². The Morgan fingerprint density at radius 2 is 2.00 bits per heavy atom. The second kappa shape index (κ2) is 4.93. The van der Waals surface area contributed by atoms with Crippen LogP contribution in [0.5, 0.6) is 0 Å². The Bertz CT molecular complexity index is 792. The van der Waals surface area contributed by atoms with E-state index in [1.54, 1.807) is 0 Å². The van der Waals surface area contributed by atoms with Gasteiger partial charge in [0.2, 0.25) is 0 Å². The summed E-state index contributed by atoms with van der Waals surface area (Å²) in [5, 5.41) is 7.20. The van der Waals surface area contributed by atoms with Crippen LogP contribution in [0.4, 0.5) is 0 Å². The van der Waals surface area contributed by atoms with E-state index >= 15 is 0 Å². The van der Waals surface area contributed by atoms with Gasteiger partial charge in [-0.3, -0.25) is 10.00 Å². The lowest BCUT2D eigenvalue weighted by molar-refractivity contribution is 0.241. The smallest absolute Gasteiger partial charge is 0.0890 e. The summed E-state index contributed by atoms with van der Waals surface area (Å²) in [6.45, 7) is 4.85. The molecule has 0 amide bonds. The van der Waals surface area contributed by atoms with Gasteiger partial charge in [0.05, 0.1) is 28.6 Å². The van der Waals surface area contributed by atoms with Gasteiger partial charge in [0.25, 0.3) is 0 Å². The molecule has 1 N–H and O–H groups in total. The van der Waals surface area contributed by atoms with Crippen molar-refractivity contribution < 1.29 is 0 Å². The highest BCUT2D eigenvalue weighted by Gasteiger charge is 2.19. The zero-order valence-corrected chi connectivity index (χ0v) is 12.0. The molecule has 5 heteroatoms. The predicted octanol–water partition coefficient (Wildman–Crippen LogP) is 2.22. The molecule has 0 fully saturated rings. The molecule has 21 heavy (non-hydrogen) atoms. The molecule has 2 aromatic heterocycles. The van der Waals surface area contributed by atoms with Crippen LogP contribution in [0, 0.1) is 6.92 Å². The highest BCUT2D eigenvalue weighted by molar-refractivity contribution is 5.74. The Morgan fingerprint density at radius 1 is 1.19 bits per heavy atom. The van der Waals surface area contributed by atoms with Crippen molar-refractivity contribution in [3.8, 4) is 0 Å². The van der Waals surface area contributed by atoms with E-state index in [1.807, 2.05) is 37.4 Å². The second-order valence-corrected chi connectivity index (χ2v) is 5.58. The molecule has 0 spiro atoms. The molecule has 0 radical (unpaired) electrons. The van der Waals surface area contributed by atoms with Gasteiger partial charge in [-0.15, -0.1) is 0 Å². The SMILES string of the molecule is Cc1nc2ccccc2nc1CN1CCc2[nH]ncc2C1. The molecule has 1 aromatic carbocycles. The van der Waals surface area contributed by atoms with Crippen LogP contribution in [0.3, 0.4) is 0 Å². The summed E-state index contributed by atoms with van der Waals surface area (Å²) in [4.78, 5) is 11.9. The highest BCUT2D eigenvalue weighted by Crippen LogP contribution is 2.19. The number of aromatic amines is 1. The van der Waals surface area contributed by atoms with E-state index in [0.717, 1.165) is 48.5 Å². The van der Waals surface area contributed by atoms with Crippen molar-refractivity contribution in [2.75, 3.05) is 6.54 Å². The molecule has 0 bridgehead atoms. The minimum absolute atomic E-state index is 0.842. The molecule has 0 saturated heterocycles. The lowest BCUT2D eigenvalue weighted by Crippen LogP contribution is -2.30. The minimum Gasteiger partial charge on any atom is -0.293 e. The topological polar surface area (TPSA) is 57.7 Å². The van der Waals surface area contributed by atoms with Gasteiger partial charge < -0.3 is 0 Å². The molecule has 3 heterocycles. The maximum atomic E-state index is 4.78. The van der Waals surface area contributed by atoms with Crippen LogP contribution in [-0.4, -0.2) is 31.6 Å². The molecule has 0 unspecified atom stereocenters. The molecule has 0 saturated carbocycles. The first-order valence-electron chi connectivity index (χ1n) is 7.25. The molecular weight excluding hydrogens is 262 g/mol. The molecule has 106 valence electrons. The predicted molar refractivity (Wildman–Crippen MR) is 80.7 cm³/mol. The largest absolute Gasteiger partial charge is 0.293 e. The minimum atomic E-state index is 0.842. The number of fused-ring (bicyclic) bond motifs is 2. The van der Waals surface area contributed by atoms with Crippen LogP contribution >= 0.6 is 0 Å². The standard InChI is InChI=1S/C16H17N5/c1-11-16(19-15-5-3-2-4-14(15)18-11)10-21-7-6-13-12(9-21)8-17-20-13/h2-5,8H,6-7,9-10H2,1H3,(H,17,20). The van der Waals surface area contributed by atoms with Crippen LogP contribution in [0.2, 0.25) is 0 Å². The first kappa shape index (κ1) is 12.5. The Morgan fingerprint density at radius 3 is 2.86 bits per heavy atom. The van der Waals surface area contributed by atoms with Gasteiger partial charge in [-0.1, -0.05) is 12.1 Å². The molecule has 4 rings (SSSR count). The number of nitrogens with one attached hydrogen (secondary N) is 1. The number of nitrogens with zero attached hydrogens (tertiary/aromatic N) is 4. The first-order valence-corrected chi connectivity index (χ1v) is 7.25. The fourth-order valence-electron chi connectivity index (χ4n) is 2.90. The average molecular weight is 279 g/mol. The first-order chi connectivity index (χ1) is 10.3. The van der Waals surface area contributed by atoms with E-state index in [2.05, 4.69) is 20.1 Å². The van der Waals surface area contributed by atoms with E-state index in [-0.39, 0.29) is 0 Å². The van der Waals surface area contributed by atoms with Crippen molar-refractivity contribution in [3.05, 3.63) is 53.1 Å². The number of para-hydroxylation sites is 2. The van der Waals surface area contributed by atoms with Crippen LogP contribution in [0.15, 0.2) is 30.5 Å². The zero-order chi connectivity index (χ0) is 14.2. The molecule has 1 aliphatic heterocycles. The maximum Gasteiger partial charge on any atom is 0.0890 e. The van der Waals surface area contributed by atoms with E-state index in [0.29, 0.717) is 0 Å². The Labute approximate surface area is 123 Å². The van der Waals surface area contributed by atoms with Gasteiger partial charge >= 0.3 is 0 Å². The third kappa shape index (κ3) is 2.29. The van der Waals surface area contributed by atoms with Crippen LogP contribution < -0.4 is 0 Å². The number of benzene rings is 1. The number of rotatable bonds is 2. The molecule has 1 aliphatic rings. The van der Waals surface area contributed by atoms with E-state index in [1.165, 1.54) is 11.3 Å². The summed E-state index contributed by atoms with van der Waals surface area (Å²) in [7, 11) is 0. The summed E-state index contributed by atoms with van der Waals surface area (Å²) >= 11 is 0. The van der Waals surface area contributed by atoms with Gasteiger partial charge in [-0.2, -0.15) is 5.10 Å². The summed E-state index contributed by atoms with van der Waals surface area (Å²) in [6.07, 6.45) is 2.95. The molecule has 0 aliphatic carbocycles. The number of hydrogen-bond acceptors (Lipinski definition) is 4. The Balaban J connectivity index is 1.61. The van der Waals surface area contributed by atoms with Crippen molar-refractivity contribution in [2.45, 2.75) is 26.4 Å². The molecule has 5 nitrogen and oxygen atoms in total. The number of hydrogen-bond donors (Lipinski definition) is 1. The Kier molecular flexibility index (Phi) is 2.93. The normalized spacial score (nSPS) is 15.3. The van der Waals surface area contributed by atoms with Gasteiger partial charge in [0.15, 0.2) is 0 Å². The van der Waals surface area contributed by atoms with Crippen molar-refractivity contribution in [2.24, 2.45) is 0 Å². The number of aromatic nitrogens is 4. The molecule has 3 aromatic rings. The highest BCUT2D eigenvalue weighted by atomic mass is 15.2. The Hall–Kier alpha value is -2.27. The van der Waals surface area contributed by atoms with E-state index in [4.69, 9.17) is 4.98 Å². The van der Waals surface area contributed by atoms with Crippen LogP contribution in [0.1, 0.15) is 22.6 Å². The summed E-state index contributed by atoms with van der Waals surface area (Å²) in [5.74, 6) is 0. The lowest BCUT2D eigenvalue weighted by Gasteiger charge is -2.26. The lowest BCUT2D eigenvalue weighted by atomic mass is 10.1.